The Bertz CT molecular complexity index is 758. The highest BCUT2D eigenvalue weighted by molar-refractivity contribution is 5.99. The summed E-state index contributed by atoms with van der Waals surface area (Å²) in [5, 5.41) is 0.998. The molecule has 2 fully saturated rings. The lowest BCUT2D eigenvalue weighted by molar-refractivity contribution is -0.126. The Kier molecular flexibility index (Phi) is 3.07. The number of H-pyrrole nitrogens is 1. The maximum Gasteiger partial charge on any atom is 0.417 e. The smallest absolute Gasteiger partial charge is 0.417 e. The van der Waals surface area contributed by atoms with Crippen molar-refractivity contribution in [3.8, 4) is 0 Å². The number of amides is 3. The van der Waals surface area contributed by atoms with Gasteiger partial charge in [0, 0.05) is 36.5 Å². The molecule has 1 N–H and O–H groups in total. The number of imide groups is 1. The number of likely N-dealkylation sites (tertiary alicyclic amines) is 1. The van der Waals surface area contributed by atoms with Crippen molar-refractivity contribution in [2.24, 2.45) is 5.92 Å². The molecule has 1 aromatic carbocycles. The van der Waals surface area contributed by atoms with Gasteiger partial charge < -0.3 is 14.6 Å². The number of rotatable bonds is 3. The molecule has 2 aliphatic rings. The molecule has 2 aromatic rings. The van der Waals surface area contributed by atoms with Gasteiger partial charge >= 0.3 is 6.09 Å². The molecular formula is C16H15N3O4. The number of aromatic amines is 1. The molecule has 118 valence electrons. The van der Waals surface area contributed by atoms with E-state index in [2.05, 4.69) is 9.72 Å². The van der Waals surface area contributed by atoms with Crippen LogP contribution in [0.5, 0.6) is 0 Å². The van der Waals surface area contributed by atoms with E-state index < -0.39 is 6.09 Å². The fourth-order valence-corrected chi connectivity index (χ4v) is 3.03. The van der Waals surface area contributed by atoms with Crippen LogP contribution in [-0.4, -0.2) is 58.9 Å². The van der Waals surface area contributed by atoms with Crippen LogP contribution in [0.25, 0.3) is 10.9 Å². The predicted molar refractivity (Wildman–Crippen MR) is 80.8 cm³/mol. The van der Waals surface area contributed by atoms with Crippen LogP contribution in [0.15, 0.2) is 30.3 Å². The second kappa shape index (κ2) is 5.12. The lowest BCUT2D eigenvalue weighted by Gasteiger charge is -2.39. The molecule has 7 heteroatoms. The number of aromatic nitrogens is 1. The zero-order valence-corrected chi connectivity index (χ0v) is 12.3. The number of hydrogen-bond donors (Lipinski definition) is 1. The average Bonchev–Trinajstić information content (AvgIpc) is 3.07. The number of carbonyl (C=O) groups is 3. The van der Waals surface area contributed by atoms with Crippen molar-refractivity contribution in [3.05, 3.63) is 36.0 Å². The number of nitrogens with one attached hydrogen (secondary N) is 1. The Morgan fingerprint density at radius 2 is 2.04 bits per heavy atom. The largest absolute Gasteiger partial charge is 0.439 e. The Morgan fingerprint density at radius 1 is 1.26 bits per heavy atom. The van der Waals surface area contributed by atoms with Gasteiger partial charge in [0.05, 0.1) is 0 Å². The van der Waals surface area contributed by atoms with E-state index >= 15 is 0 Å². The monoisotopic (exact) mass is 313 g/mol. The summed E-state index contributed by atoms with van der Waals surface area (Å²) in [6, 6.07) is 9.56. The highest BCUT2D eigenvalue weighted by Crippen LogP contribution is 2.23. The standard InChI is InChI=1S/C16H15N3O4/c20-14-9-23-16(22)19(14)8-10-6-18(7-10)15(21)13-5-11-3-1-2-4-12(11)17-13/h1-5,10,17H,6-9H2. The third kappa shape index (κ3) is 2.34. The van der Waals surface area contributed by atoms with E-state index in [9.17, 15) is 14.4 Å². The molecule has 3 heterocycles. The summed E-state index contributed by atoms with van der Waals surface area (Å²) in [6.45, 7) is 1.20. The Hall–Kier alpha value is -2.83. The maximum atomic E-state index is 12.4. The van der Waals surface area contributed by atoms with E-state index in [0.717, 1.165) is 15.8 Å². The number of nitrogens with zero attached hydrogens (tertiary/aromatic N) is 2. The lowest BCUT2D eigenvalue weighted by atomic mass is 9.99. The zero-order chi connectivity index (χ0) is 16.0. The normalized spacial score (nSPS) is 18.4. The molecule has 0 saturated carbocycles. The maximum absolute atomic E-state index is 12.4. The van der Waals surface area contributed by atoms with Crippen molar-refractivity contribution in [1.82, 2.24) is 14.8 Å². The molecule has 0 bridgehead atoms. The number of carbonyl (C=O) groups excluding carboxylic acids is 3. The number of cyclic esters (lactones) is 1. The summed E-state index contributed by atoms with van der Waals surface area (Å²) in [5.74, 6) is -0.263. The van der Waals surface area contributed by atoms with Crippen molar-refractivity contribution in [3.63, 3.8) is 0 Å². The van der Waals surface area contributed by atoms with Gasteiger partial charge in [0.15, 0.2) is 6.61 Å². The van der Waals surface area contributed by atoms with E-state index in [-0.39, 0.29) is 24.3 Å². The Morgan fingerprint density at radius 3 is 2.74 bits per heavy atom. The minimum absolute atomic E-state index is 0.0622. The number of fused-ring (bicyclic) bond motifs is 1. The molecule has 0 aliphatic carbocycles. The topological polar surface area (TPSA) is 82.7 Å². The van der Waals surface area contributed by atoms with Crippen molar-refractivity contribution < 1.29 is 19.1 Å². The summed E-state index contributed by atoms with van der Waals surface area (Å²) in [6.07, 6.45) is -0.588. The van der Waals surface area contributed by atoms with Crippen LogP contribution in [0.3, 0.4) is 0 Å². The number of hydrogen-bond acceptors (Lipinski definition) is 4. The second-order valence-corrected chi connectivity index (χ2v) is 5.91. The predicted octanol–water partition coefficient (Wildman–Crippen LogP) is 1.22. The van der Waals surface area contributed by atoms with Crippen molar-refractivity contribution in [2.45, 2.75) is 0 Å². The third-order valence-corrected chi connectivity index (χ3v) is 4.29. The molecule has 0 spiro atoms. The van der Waals surface area contributed by atoms with Crippen molar-refractivity contribution in [1.29, 1.82) is 0 Å². The minimum Gasteiger partial charge on any atom is -0.439 e. The molecule has 0 unspecified atom stereocenters. The Labute approximate surface area is 131 Å². The SMILES string of the molecule is O=C(c1cc2ccccc2[nH]1)N1CC(CN2C(=O)COC2=O)C1. The first-order valence-electron chi connectivity index (χ1n) is 7.46. The molecule has 7 nitrogen and oxygen atoms in total. The highest BCUT2D eigenvalue weighted by Gasteiger charge is 2.38. The number of ether oxygens (including phenoxy) is 1. The molecule has 4 rings (SSSR count). The van der Waals surface area contributed by atoms with Crippen LogP contribution in [0.1, 0.15) is 10.5 Å². The summed E-state index contributed by atoms with van der Waals surface area (Å²) in [7, 11) is 0. The second-order valence-electron chi connectivity index (χ2n) is 5.91. The summed E-state index contributed by atoms with van der Waals surface area (Å²) < 4.78 is 4.68. The van der Waals surface area contributed by atoms with Crippen LogP contribution in [-0.2, 0) is 9.53 Å². The van der Waals surface area contributed by atoms with E-state index in [1.807, 2.05) is 30.3 Å². The number of para-hydroxylation sites is 1. The van der Waals surface area contributed by atoms with Crippen LogP contribution >= 0.6 is 0 Å². The molecule has 3 amide bonds. The van der Waals surface area contributed by atoms with Crippen molar-refractivity contribution >= 4 is 28.8 Å². The van der Waals surface area contributed by atoms with Gasteiger partial charge in [-0.1, -0.05) is 18.2 Å². The lowest BCUT2D eigenvalue weighted by Crippen LogP contribution is -2.54. The van der Waals surface area contributed by atoms with Gasteiger partial charge in [-0.05, 0) is 12.1 Å². The van der Waals surface area contributed by atoms with E-state index in [1.165, 1.54) is 0 Å². The fourth-order valence-electron chi connectivity index (χ4n) is 3.03. The minimum atomic E-state index is -0.588. The van der Waals surface area contributed by atoms with Crippen LogP contribution < -0.4 is 0 Å². The third-order valence-electron chi connectivity index (χ3n) is 4.29. The Balaban J connectivity index is 1.38. The molecular weight excluding hydrogens is 298 g/mol. The molecule has 1 aromatic heterocycles. The quantitative estimate of drug-likeness (QED) is 0.923. The van der Waals surface area contributed by atoms with E-state index in [1.54, 1.807) is 4.90 Å². The summed E-state index contributed by atoms with van der Waals surface area (Å²) in [4.78, 5) is 41.3. The zero-order valence-electron chi connectivity index (χ0n) is 12.3. The molecule has 0 atom stereocenters. The molecule has 0 radical (unpaired) electrons. The first kappa shape index (κ1) is 13.8. The van der Waals surface area contributed by atoms with E-state index in [0.29, 0.717) is 25.3 Å². The highest BCUT2D eigenvalue weighted by atomic mass is 16.6. The summed E-state index contributed by atoms with van der Waals surface area (Å²) in [5.41, 5.74) is 1.49. The van der Waals surface area contributed by atoms with Gasteiger partial charge in [0.2, 0.25) is 0 Å². The van der Waals surface area contributed by atoms with Gasteiger partial charge in [-0.3, -0.25) is 9.59 Å². The van der Waals surface area contributed by atoms with E-state index in [4.69, 9.17) is 0 Å². The average molecular weight is 313 g/mol. The van der Waals surface area contributed by atoms with Crippen LogP contribution in [0.2, 0.25) is 0 Å². The van der Waals surface area contributed by atoms with Gasteiger partial charge in [-0.25, -0.2) is 9.69 Å². The van der Waals surface area contributed by atoms with Crippen LogP contribution in [0, 0.1) is 5.92 Å². The summed E-state index contributed by atoms with van der Waals surface area (Å²) >= 11 is 0. The fraction of sp³-hybridized carbons (Fsp3) is 0.312. The van der Waals surface area contributed by atoms with Gasteiger partial charge in [0.1, 0.15) is 5.69 Å². The first-order valence-corrected chi connectivity index (χ1v) is 7.46. The first-order chi connectivity index (χ1) is 11.1. The van der Waals surface area contributed by atoms with Gasteiger partial charge in [0.25, 0.3) is 11.8 Å². The van der Waals surface area contributed by atoms with Crippen LogP contribution in [0.4, 0.5) is 4.79 Å². The van der Waals surface area contributed by atoms with Gasteiger partial charge in [-0.2, -0.15) is 0 Å². The van der Waals surface area contributed by atoms with Crippen molar-refractivity contribution in [2.75, 3.05) is 26.2 Å². The molecule has 2 saturated heterocycles. The van der Waals surface area contributed by atoms with Gasteiger partial charge in [-0.15, -0.1) is 0 Å². The molecule has 23 heavy (non-hydrogen) atoms. The number of benzene rings is 1. The molecule has 2 aliphatic heterocycles.